The van der Waals surface area contributed by atoms with Crippen LogP contribution in [-0.4, -0.2) is 27.1 Å². The molecule has 20 heavy (non-hydrogen) atoms. The average Bonchev–Trinajstić information content (AvgIpc) is 2.95. The maximum Gasteiger partial charge on any atom is 0.204 e. The van der Waals surface area contributed by atoms with Gasteiger partial charge in [0.05, 0.1) is 26.9 Å². The number of furan rings is 1. The molecule has 0 aliphatic carbocycles. The van der Waals surface area contributed by atoms with Crippen molar-refractivity contribution < 1.29 is 23.4 Å². The molecule has 2 rings (SSSR count). The summed E-state index contributed by atoms with van der Waals surface area (Å²) in [5.74, 6) is 2.25. The van der Waals surface area contributed by atoms with Gasteiger partial charge in [-0.25, -0.2) is 0 Å². The van der Waals surface area contributed by atoms with Gasteiger partial charge in [0.1, 0.15) is 5.76 Å². The summed E-state index contributed by atoms with van der Waals surface area (Å²) in [5, 5.41) is 0. The summed E-state index contributed by atoms with van der Waals surface area (Å²) in [6.07, 6.45) is 0. The van der Waals surface area contributed by atoms with Gasteiger partial charge < -0.3 is 18.6 Å². The van der Waals surface area contributed by atoms with Crippen molar-refractivity contribution in [2.45, 2.75) is 6.92 Å². The molecule has 0 saturated heterocycles. The number of methoxy groups -OCH3 is 3. The maximum absolute atomic E-state index is 11.3. The Bertz CT molecular complexity index is 627. The fourth-order valence-corrected chi connectivity index (χ4v) is 1.97. The predicted octanol–water partition coefficient (Wildman–Crippen LogP) is 3.18. The summed E-state index contributed by atoms with van der Waals surface area (Å²) in [5.41, 5.74) is 0.692. The van der Waals surface area contributed by atoms with E-state index in [4.69, 9.17) is 18.6 Å². The second-order valence-electron chi connectivity index (χ2n) is 4.10. The third-order valence-corrected chi connectivity index (χ3v) is 2.92. The van der Waals surface area contributed by atoms with E-state index in [1.165, 1.54) is 21.1 Å². The Morgan fingerprint density at radius 1 is 0.950 bits per heavy atom. The van der Waals surface area contributed by atoms with Crippen LogP contribution in [0.25, 0.3) is 11.3 Å². The first-order valence-electron chi connectivity index (χ1n) is 6.02. The van der Waals surface area contributed by atoms with E-state index < -0.39 is 0 Å². The summed E-state index contributed by atoms with van der Waals surface area (Å²) in [6, 6.07) is 6.91. The lowest BCUT2D eigenvalue weighted by molar-refractivity contribution is 0.0988. The quantitative estimate of drug-likeness (QED) is 0.785. The fourth-order valence-electron chi connectivity index (χ4n) is 1.97. The molecule has 0 amide bonds. The lowest BCUT2D eigenvalue weighted by Gasteiger charge is -2.14. The Labute approximate surface area is 117 Å². The monoisotopic (exact) mass is 276 g/mol. The van der Waals surface area contributed by atoms with E-state index in [2.05, 4.69) is 0 Å². The van der Waals surface area contributed by atoms with Crippen LogP contribution in [0.15, 0.2) is 28.7 Å². The van der Waals surface area contributed by atoms with E-state index in [-0.39, 0.29) is 5.78 Å². The van der Waals surface area contributed by atoms with Crippen molar-refractivity contribution in [3.8, 4) is 28.6 Å². The van der Waals surface area contributed by atoms with E-state index in [9.17, 15) is 4.79 Å². The zero-order valence-corrected chi connectivity index (χ0v) is 11.9. The Morgan fingerprint density at radius 3 is 2.15 bits per heavy atom. The molecule has 5 nitrogen and oxygen atoms in total. The summed E-state index contributed by atoms with van der Waals surface area (Å²) in [4.78, 5) is 11.3. The lowest BCUT2D eigenvalue weighted by Crippen LogP contribution is -1.96. The molecule has 0 fully saturated rings. The minimum absolute atomic E-state index is 0.129. The average molecular weight is 276 g/mol. The third-order valence-electron chi connectivity index (χ3n) is 2.92. The first-order valence-corrected chi connectivity index (χ1v) is 6.02. The molecular formula is C15H16O5. The van der Waals surface area contributed by atoms with Crippen LogP contribution in [0, 0.1) is 0 Å². The topological polar surface area (TPSA) is 57.9 Å². The first-order chi connectivity index (χ1) is 9.62. The van der Waals surface area contributed by atoms with Gasteiger partial charge in [0, 0.05) is 6.92 Å². The number of benzene rings is 1. The second-order valence-corrected chi connectivity index (χ2v) is 4.10. The van der Waals surface area contributed by atoms with Crippen LogP contribution in [-0.2, 0) is 0 Å². The van der Waals surface area contributed by atoms with E-state index in [1.807, 2.05) is 0 Å². The molecule has 0 aliphatic rings. The summed E-state index contributed by atoms with van der Waals surface area (Å²) in [7, 11) is 4.63. The molecule has 0 spiro atoms. The van der Waals surface area contributed by atoms with Gasteiger partial charge in [-0.15, -0.1) is 0 Å². The summed E-state index contributed by atoms with van der Waals surface area (Å²) >= 11 is 0. The Morgan fingerprint density at radius 2 is 1.65 bits per heavy atom. The fraction of sp³-hybridized carbons (Fsp3) is 0.267. The minimum Gasteiger partial charge on any atom is -0.493 e. The first kappa shape index (κ1) is 14.0. The maximum atomic E-state index is 11.3. The molecule has 5 heteroatoms. The van der Waals surface area contributed by atoms with Gasteiger partial charge in [0.2, 0.25) is 5.75 Å². The molecule has 106 valence electrons. The number of ketones is 1. The smallest absolute Gasteiger partial charge is 0.204 e. The predicted molar refractivity (Wildman–Crippen MR) is 73.8 cm³/mol. The summed E-state index contributed by atoms with van der Waals surface area (Å²) in [6.45, 7) is 1.45. The van der Waals surface area contributed by atoms with Crippen LogP contribution in [0.5, 0.6) is 17.2 Å². The third kappa shape index (κ3) is 2.34. The van der Waals surface area contributed by atoms with Gasteiger partial charge in [-0.3, -0.25) is 4.79 Å². The van der Waals surface area contributed by atoms with Crippen LogP contribution >= 0.6 is 0 Å². The number of carbonyl (C=O) groups is 1. The molecule has 1 heterocycles. The molecule has 1 aromatic carbocycles. The van der Waals surface area contributed by atoms with Crippen molar-refractivity contribution in [2.75, 3.05) is 21.3 Å². The number of Topliss-reactive ketones (excluding diaryl/α,β-unsaturated/α-hetero) is 1. The zero-order valence-electron chi connectivity index (χ0n) is 11.9. The second kappa shape index (κ2) is 5.69. The van der Waals surface area contributed by atoms with Crippen molar-refractivity contribution in [3.63, 3.8) is 0 Å². The normalized spacial score (nSPS) is 10.2. The summed E-state index contributed by atoms with van der Waals surface area (Å²) < 4.78 is 21.4. The molecular weight excluding hydrogens is 260 g/mol. The van der Waals surface area contributed by atoms with Gasteiger partial charge in [0.25, 0.3) is 0 Å². The van der Waals surface area contributed by atoms with Crippen LogP contribution in [0.2, 0.25) is 0 Å². The van der Waals surface area contributed by atoms with Crippen molar-refractivity contribution in [2.24, 2.45) is 0 Å². The van der Waals surface area contributed by atoms with E-state index in [0.29, 0.717) is 34.3 Å². The Hall–Kier alpha value is -2.43. The van der Waals surface area contributed by atoms with Crippen molar-refractivity contribution in [1.29, 1.82) is 0 Å². The van der Waals surface area contributed by atoms with Crippen molar-refractivity contribution >= 4 is 5.78 Å². The van der Waals surface area contributed by atoms with Crippen LogP contribution in [0.3, 0.4) is 0 Å². The highest BCUT2D eigenvalue weighted by Crippen LogP contribution is 2.44. The zero-order chi connectivity index (χ0) is 14.7. The molecule has 1 aromatic heterocycles. The number of hydrogen-bond donors (Lipinski definition) is 0. The largest absolute Gasteiger partial charge is 0.493 e. The molecule has 0 atom stereocenters. The van der Waals surface area contributed by atoms with E-state index >= 15 is 0 Å². The van der Waals surface area contributed by atoms with E-state index in [0.717, 1.165) is 0 Å². The van der Waals surface area contributed by atoms with Crippen LogP contribution in [0.1, 0.15) is 17.5 Å². The highest BCUT2D eigenvalue weighted by atomic mass is 16.5. The molecule has 0 bridgehead atoms. The Kier molecular flexibility index (Phi) is 3.98. The van der Waals surface area contributed by atoms with Crippen LogP contribution < -0.4 is 14.2 Å². The van der Waals surface area contributed by atoms with Gasteiger partial charge in [-0.2, -0.15) is 0 Å². The highest BCUT2D eigenvalue weighted by molar-refractivity contribution is 5.92. The molecule has 2 aromatic rings. The van der Waals surface area contributed by atoms with Crippen LogP contribution in [0.4, 0.5) is 0 Å². The van der Waals surface area contributed by atoms with Gasteiger partial charge in [-0.1, -0.05) is 0 Å². The standard InChI is InChI=1S/C15H16O5/c1-9(16)11-7-8-12(20-11)10-5-6-13(17-2)15(19-4)14(10)18-3/h5-8H,1-4H3. The van der Waals surface area contributed by atoms with E-state index in [1.54, 1.807) is 31.4 Å². The number of rotatable bonds is 5. The molecule has 0 radical (unpaired) electrons. The number of ether oxygens (including phenoxy) is 3. The molecule has 0 aliphatic heterocycles. The SMILES string of the molecule is COc1ccc(-c2ccc(C(C)=O)o2)c(OC)c1OC. The lowest BCUT2D eigenvalue weighted by atomic mass is 10.1. The number of hydrogen-bond acceptors (Lipinski definition) is 5. The Balaban J connectivity index is 2.58. The highest BCUT2D eigenvalue weighted by Gasteiger charge is 2.19. The van der Waals surface area contributed by atoms with Gasteiger partial charge in [-0.05, 0) is 24.3 Å². The molecule has 0 saturated carbocycles. The number of carbonyl (C=O) groups excluding carboxylic acids is 1. The van der Waals surface area contributed by atoms with Crippen molar-refractivity contribution in [3.05, 3.63) is 30.0 Å². The minimum atomic E-state index is -0.129. The molecule has 0 unspecified atom stereocenters. The van der Waals surface area contributed by atoms with Gasteiger partial charge in [0.15, 0.2) is 23.0 Å². The van der Waals surface area contributed by atoms with Crippen molar-refractivity contribution in [1.82, 2.24) is 0 Å². The van der Waals surface area contributed by atoms with Gasteiger partial charge >= 0.3 is 0 Å². The molecule has 0 N–H and O–H groups in total.